The Hall–Kier alpha value is -2.08. The number of carbonyl (C=O) groups excluding carboxylic acids is 1. The minimum Gasteiger partial charge on any atom is -0.366 e. The van der Waals surface area contributed by atoms with Crippen molar-refractivity contribution < 1.29 is 4.79 Å². The topological polar surface area (TPSA) is 66.9 Å². The van der Waals surface area contributed by atoms with Gasteiger partial charge in [-0.25, -0.2) is 4.98 Å². The zero-order valence-electron chi connectivity index (χ0n) is 16.0. The summed E-state index contributed by atoms with van der Waals surface area (Å²) in [7, 11) is 0. The van der Waals surface area contributed by atoms with Crippen LogP contribution in [-0.2, 0) is 10.5 Å². The first-order valence-electron chi connectivity index (χ1n) is 9.66. The van der Waals surface area contributed by atoms with Gasteiger partial charge in [0.25, 0.3) is 0 Å². The number of amides is 1. The largest absolute Gasteiger partial charge is 0.366 e. The molecule has 3 rings (SSSR count). The Balaban J connectivity index is 1.55. The van der Waals surface area contributed by atoms with Crippen LogP contribution in [0, 0.1) is 5.92 Å². The molecular weight excluding hydrogens is 356 g/mol. The van der Waals surface area contributed by atoms with Gasteiger partial charge >= 0.3 is 0 Å². The first-order valence-corrected chi connectivity index (χ1v) is 10.6. The summed E-state index contributed by atoms with van der Waals surface area (Å²) in [6, 6.07) is 10.8. The van der Waals surface area contributed by atoms with Crippen LogP contribution >= 0.6 is 11.8 Å². The van der Waals surface area contributed by atoms with Crippen LogP contribution in [-0.4, -0.2) is 28.0 Å². The van der Waals surface area contributed by atoms with E-state index in [-0.39, 0.29) is 23.9 Å². The van der Waals surface area contributed by atoms with Crippen molar-refractivity contribution in [2.75, 3.05) is 5.32 Å². The molecule has 2 atom stereocenters. The van der Waals surface area contributed by atoms with Gasteiger partial charge in [-0.1, -0.05) is 36.8 Å². The predicted molar refractivity (Wildman–Crippen MR) is 111 cm³/mol. The van der Waals surface area contributed by atoms with E-state index in [4.69, 9.17) is 0 Å². The maximum Gasteiger partial charge on any atom is 0.223 e. The number of nitrogens with zero attached hydrogens (tertiary/aromatic N) is 2. The van der Waals surface area contributed by atoms with Crippen molar-refractivity contribution in [1.29, 1.82) is 0 Å². The maximum absolute atomic E-state index is 12.3. The van der Waals surface area contributed by atoms with Crippen LogP contribution in [0.4, 0.5) is 5.82 Å². The average molecular weight is 385 g/mol. The Kier molecular flexibility index (Phi) is 7.10. The van der Waals surface area contributed by atoms with E-state index in [9.17, 15) is 4.79 Å². The molecule has 1 aromatic carbocycles. The number of anilines is 1. The summed E-state index contributed by atoms with van der Waals surface area (Å²) in [5.74, 6) is 1.93. The normalized spacial score (nSPS) is 19.7. The van der Waals surface area contributed by atoms with Crippen molar-refractivity contribution in [2.24, 2.45) is 5.92 Å². The molecule has 1 aliphatic carbocycles. The van der Waals surface area contributed by atoms with Crippen molar-refractivity contribution in [3.63, 3.8) is 0 Å². The fourth-order valence-corrected chi connectivity index (χ4v) is 4.19. The van der Waals surface area contributed by atoms with E-state index >= 15 is 0 Å². The highest BCUT2D eigenvalue weighted by molar-refractivity contribution is 7.98. The summed E-state index contributed by atoms with van der Waals surface area (Å²) in [4.78, 5) is 21.3. The predicted octanol–water partition coefficient (Wildman–Crippen LogP) is 4.26. The summed E-state index contributed by atoms with van der Waals surface area (Å²) >= 11 is 1.68. The lowest BCUT2D eigenvalue weighted by atomic mass is 9.85. The number of hydrogen-bond acceptors (Lipinski definition) is 5. The summed E-state index contributed by atoms with van der Waals surface area (Å²) in [6.45, 7) is 4.01. The Morgan fingerprint density at radius 3 is 2.81 bits per heavy atom. The third kappa shape index (κ3) is 6.24. The number of benzene rings is 1. The second-order valence-electron chi connectivity index (χ2n) is 7.38. The first-order chi connectivity index (χ1) is 13.1. The average Bonchev–Trinajstić information content (AvgIpc) is 2.67. The summed E-state index contributed by atoms with van der Waals surface area (Å²) < 4.78 is 0. The highest BCUT2D eigenvalue weighted by Gasteiger charge is 2.27. The fourth-order valence-electron chi connectivity index (χ4n) is 3.39. The Morgan fingerprint density at radius 1 is 1.22 bits per heavy atom. The van der Waals surface area contributed by atoms with Crippen molar-refractivity contribution in [2.45, 2.75) is 62.4 Å². The third-order valence-corrected chi connectivity index (χ3v) is 5.64. The minimum absolute atomic E-state index is 0.0854. The molecule has 27 heavy (non-hydrogen) atoms. The Bertz CT molecular complexity index is 738. The number of rotatable bonds is 7. The van der Waals surface area contributed by atoms with Crippen LogP contribution in [0.2, 0.25) is 0 Å². The summed E-state index contributed by atoms with van der Waals surface area (Å²) in [5, 5.41) is 7.44. The van der Waals surface area contributed by atoms with Gasteiger partial charge in [0.15, 0.2) is 0 Å². The molecule has 2 unspecified atom stereocenters. The summed E-state index contributed by atoms with van der Waals surface area (Å²) in [6.07, 6.45) is 7.51. The van der Waals surface area contributed by atoms with Crippen molar-refractivity contribution in [3.05, 3.63) is 48.3 Å². The molecule has 0 radical (unpaired) electrons. The quantitative estimate of drug-likeness (QED) is 0.698. The molecule has 6 heteroatoms. The van der Waals surface area contributed by atoms with Gasteiger partial charge in [0.05, 0.1) is 12.4 Å². The van der Waals surface area contributed by atoms with Crippen LogP contribution in [0.3, 0.4) is 0 Å². The molecule has 0 saturated heterocycles. The zero-order chi connectivity index (χ0) is 19.1. The second-order valence-corrected chi connectivity index (χ2v) is 8.38. The van der Waals surface area contributed by atoms with E-state index in [0.717, 1.165) is 42.3 Å². The lowest BCUT2D eigenvalue weighted by Crippen LogP contribution is -2.40. The van der Waals surface area contributed by atoms with E-state index in [1.165, 1.54) is 5.56 Å². The molecule has 1 amide bonds. The number of carbonyl (C=O) groups is 1. The fraction of sp³-hybridized carbons (Fsp3) is 0.476. The van der Waals surface area contributed by atoms with Crippen molar-refractivity contribution in [1.82, 2.24) is 15.3 Å². The lowest BCUT2D eigenvalue weighted by molar-refractivity contribution is -0.126. The van der Waals surface area contributed by atoms with Crippen LogP contribution in [0.1, 0.15) is 45.1 Å². The minimum atomic E-state index is 0.0854. The SMILES string of the molecule is CC(C)NC(=O)C1CCCC(Nc2cncc(SCc3ccccc3)n2)C1. The molecule has 144 valence electrons. The van der Waals surface area contributed by atoms with E-state index in [1.807, 2.05) is 19.9 Å². The van der Waals surface area contributed by atoms with Gasteiger partial charge in [-0.15, -0.1) is 11.8 Å². The van der Waals surface area contributed by atoms with Gasteiger partial charge in [-0.3, -0.25) is 9.78 Å². The molecule has 0 spiro atoms. The van der Waals surface area contributed by atoms with E-state index in [2.05, 4.69) is 44.9 Å². The molecule has 2 aromatic rings. The summed E-state index contributed by atoms with van der Waals surface area (Å²) in [5.41, 5.74) is 1.27. The monoisotopic (exact) mass is 384 g/mol. The van der Waals surface area contributed by atoms with Gasteiger partial charge in [0.1, 0.15) is 10.8 Å². The molecule has 0 aliphatic heterocycles. The highest BCUT2D eigenvalue weighted by Crippen LogP contribution is 2.27. The maximum atomic E-state index is 12.3. The number of aromatic nitrogens is 2. The van der Waals surface area contributed by atoms with Gasteiger partial charge in [0, 0.05) is 23.8 Å². The number of hydrogen-bond donors (Lipinski definition) is 2. The van der Waals surface area contributed by atoms with E-state index < -0.39 is 0 Å². The van der Waals surface area contributed by atoms with Crippen molar-refractivity contribution >= 4 is 23.5 Å². The molecule has 1 saturated carbocycles. The molecule has 5 nitrogen and oxygen atoms in total. The van der Waals surface area contributed by atoms with E-state index in [1.54, 1.807) is 24.2 Å². The smallest absolute Gasteiger partial charge is 0.223 e. The van der Waals surface area contributed by atoms with Crippen LogP contribution in [0.15, 0.2) is 47.8 Å². The highest BCUT2D eigenvalue weighted by atomic mass is 32.2. The van der Waals surface area contributed by atoms with Crippen molar-refractivity contribution in [3.8, 4) is 0 Å². The molecule has 1 fully saturated rings. The molecular formula is C21H28N4OS. The molecule has 1 aliphatic rings. The molecule has 1 aromatic heterocycles. The van der Waals surface area contributed by atoms with Gasteiger partial charge in [-0.2, -0.15) is 0 Å². The van der Waals surface area contributed by atoms with Crippen LogP contribution in [0.5, 0.6) is 0 Å². The van der Waals surface area contributed by atoms with Crippen LogP contribution in [0.25, 0.3) is 0 Å². The number of nitrogens with one attached hydrogen (secondary N) is 2. The van der Waals surface area contributed by atoms with Gasteiger partial charge in [-0.05, 0) is 38.7 Å². The lowest BCUT2D eigenvalue weighted by Gasteiger charge is -2.29. The van der Waals surface area contributed by atoms with Crippen LogP contribution < -0.4 is 10.6 Å². The van der Waals surface area contributed by atoms with E-state index in [0.29, 0.717) is 0 Å². The number of thioether (sulfide) groups is 1. The van der Waals surface area contributed by atoms with Gasteiger partial charge < -0.3 is 10.6 Å². The standard InChI is InChI=1S/C21H28N4OS/c1-15(2)23-21(26)17-9-6-10-18(11-17)24-19-12-22-13-20(25-19)27-14-16-7-4-3-5-8-16/h3-5,7-8,12-13,15,17-18H,6,9-11,14H2,1-2H3,(H,23,26)(H,24,25). The first kappa shape index (κ1) is 19.7. The van der Waals surface area contributed by atoms with Gasteiger partial charge in [0.2, 0.25) is 5.91 Å². The zero-order valence-corrected chi connectivity index (χ0v) is 16.8. The Morgan fingerprint density at radius 2 is 2.04 bits per heavy atom. The Labute approximate surface area is 165 Å². The molecule has 0 bridgehead atoms. The molecule has 2 N–H and O–H groups in total. The third-order valence-electron chi connectivity index (χ3n) is 4.67. The molecule has 1 heterocycles. The second kappa shape index (κ2) is 9.74.